The molecule has 1 aliphatic carbocycles. The van der Waals surface area contributed by atoms with E-state index in [1.807, 2.05) is 22.6 Å². The Morgan fingerprint density at radius 1 is 1.31 bits per heavy atom. The summed E-state index contributed by atoms with van der Waals surface area (Å²) in [6, 6.07) is 3.50. The normalized spacial score (nSPS) is 15.6. The van der Waals surface area contributed by atoms with Gasteiger partial charge in [0.2, 0.25) is 0 Å². The molecule has 0 saturated heterocycles. The third-order valence-electron chi connectivity index (χ3n) is 2.32. The van der Waals surface area contributed by atoms with Gasteiger partial charge < -0.3 is 5.11 Å². The van der Waals surface area contributed by atoms with E-state index in [1.54, 1.807) is 12.1 Å². The van der Waals surface area contributed by atoms with Gasteiger partial charge in [-0.05, 0) is 53.1 Å². The zero-order chi connectivity index (χ0) is 9.42. The summed E-state index contributed by atoms with van der Waals surface area (Å²) in [7, 11) is 0. The highest BCUT2D eigenvalue weighted by atomic mass is 127. The lowest BCUT2D eigenvalue weighted by molar-refractivity contribution is 0.0972. The number of aromatic hydroxyl groups is 1. The van der Waals surface area contributed by atoms with Crippen LogP contribution in [-0.4, -0.2) is 10.9 Å². The van der Waals surface area contributed by atoms with Crippen LogP contribution in [0.1, 0.15) is 28.8 Å². The van der Waals surface area contributed by atoms with Crippen molar-refractivity contribution in [2.45, 2.75) is 19.3 Å². The molecule has 0 heterocycles. The first kappa shape index (κ1) is 8.99. The molecule has 13 heavy (non-hydrogen) atoms. The summed E-state index contributed by atoms with van der Waals surface area (Å²) in [6.45, 7) is 0. The zero-order valence-electron chi connectivity index (χ0n) is 7.01. The Kier molecular flexibility index (Phi) is 2.27. The molecular weight excluding hydrogens is 279 g/mol. The van der Waals surface area contributed by atoms with Crippen LogP contribution in [0, 0.1) is 3.57 Å². The third-order valence-corrected chi connectivity index (χ3v) is 3.19. The minimum Gasteiger partial charge on any atom is -0.507 e. The molecule has 3 heteroatoms. The molecule has 2 rings (SSSR count). The van der Waals surface area contributed by atoms with Gasteiger partial charge in [-0.15, -0.1) is 0 Å². The van der Waals surface area contributed by atoms with Crippen LogP contribution in [0.4, 0.5) is 0 Å². The van der Waals surface area contributed by atoms with Crippen molar-refractivity contribution in [3.05, 3.63) is 26.8 Å². The Morgan fingerprint density at radius 3 is 2.85 bits per heavy atom. The highest BCUT2D eigenvalue weighted by Gasteiger charge is 2.18. The van der Waals surface area contributed by atoms with Crippen LogP contribution in [0.5, 0.6) is 5.75 Å². The fraction of sp³-hybridized carbons (Fsp3) is 0.300. The van der Waals surface area contributed by atoms with Crippen LogP contribution in [0.25, 0.3) is 0 Å². The molecule has 0 spiro atoms. The summed E-state index contributed by atoms with van der Waals surface area (Å²) in [5.41, 5.74) is 1.79. The number of carbonyl (C=O) groups excluding carboxylic acids is 1. The fourth-order valence-electron chi connectivity index (χ4n) is 1.65. The lowest BCUT2D eigenvalue weighted by Crippen LogP contribution is -2.10. The minimum atomic E-state index is 0.208. The van der Waals surface area contributed by atoms with Crippen molar-refractivity contribution in [3.8, 4) is 5.75 Å². The Bertz CT molecular complexity index is 371. The van der Waals surface area contributed by atoms with Crippen molar-refractivity contribution >= 4 is 28.4 Å². The first-order valence-electron chi connectivity index (χ1n) is 4.23. The molecule has 0 atom stereocenters. The van der Waals surface area contributed by atoms with Gasteiger partial charge in [-0.25, -0.2) is 0 Å². The maximum absolute atomic E-state index is 11.5. The van der Waals surface area contributed by atoms with Gasteiger partial charge >= 0.3 is 0 Å². The number of phenolic OH excluding ortho intramolecular Hbond substituents is 1. The number of halogens is 1. The van der Waals surface area contributed by atoms with Crippen molar-refractivity contribution in [2.75, 3.05) is 0 Å². The highest BCUT2D eigenvalue weighted by Crippen LogP contribution is 2.29. The molecule has 1 N–H and O–H groups in total. The SMILES string of the molecule is O=C1CCCc2cc(O)c(I)cc21. The van der Waals surface area contributed by atoms with Crippen LogP contribution in [0.15, 0.2) is 12.1 Å². The van der Waals surface area contributed by atoms with Gasteiger partial charge in [-0.2, -0.15) is 0 Å². The Balaban J connectivity index is 2.58. The number of rotatable bonds is 0. The molecule has 0 fully saturated rings. The second kappa shape index (κ2) is 3.29. The Hall–Kier alpha value is -0.580. The topological polar surface area (TPSA) is 37.3 Å². The second-order valence-corrected chi connectivity index (χ2v) is 4.40. The third kappa shape index (κ3) is 1.57. The van der Waals surface area contributed by atoms with Gasteiger partial charge in [-0.3, -0.25) is 4.79 Å². The van der Waals surface area contributed by atoms with Crippen LogP contribution in [0.3, 0.4) is 0 Å². The molecule has 0 radical (unpaired) electrons. The van der Waals surface area contributed by atoms with Crippen LogP contribution < -0.4 is 0 Å². The number of hydrogen-bond donors (Lipinski definition) is 1. The Labute approximate surface area is 90.1 Å². The average Bonchev–Trinajstić information content (AvgIpc) is 2.09. The molecule has 1 aromatic rings. The Morgan fingerprint density at radius 2 is 2.08 bits per heavy atom. The number of hydrogen-bond acceptors (Lipinski definition) is 2. The number of carbonyl (C=O) groups is 1. The van der Waals surface area contributed by atoms with Crippen molar-refractivity contribution in [2.24, 2.45) is 0 Å². The summed E-state index contributed by atoms with van der Waals surface area (Å²) < 4.78 is 0.756. The van der Waals surface area contributed by atoms with Crippen molar-refractivity contribution in [3.63, 3.8) is 0 Å². The van der Waals surface area contributed by atoms with E-state index in [1.165, 1.54) is 0 Å². The van der Waals surface area contributed by atoms with E-state index in [9.17, 15) is 9.90 Å². The van der Waals surface area contributed by atoms with Gasteiger partial charge in [0.1, 0.15) is 5.75 Å². The van der Waals surface area contributed by atoms with Crippen LogP contribution in [-0.2, 0) is 6.42 Å². The van der Waals surface area contributed by atoms with Gasteiger partial charge in [-0.1, -0.05) is 0 Å². The standard InChI is InChI=1S/C10H9IO2/c11-8-5-7-6(4-10(8)13)2-1-3-9(7)12/h4-5,13H,1-3H2. The second-order valence-electron chi connectivity index (χ2n) is 3.24. The lowest BCUT2D eigenvalue weighted by atomic mass is 9.91. The fourth-order valence-corrected chi connectivity index (χ4v) is 2.11. The van der Waals surface area contributed by atoms with Crippen LogP contribution in [0.2, 0.25) is 0 Å². The van der Waals surface area contributed by atoms with Crippen LogP contribution >= 0.6 is 22.6 Å². The number of fused-ring (bicyclic) bond motifs is 1. The number of aryl methyl sites for hydroxylation is 1. The van der Waals surface area contributed by atoms with Crippen molar-refractivity contribution < 1.29 is 9.90 Å². The molecule has 0 aromatic heterocycles. The molecule has 0 unspecified atom stereocenters. The lowest BCUT2D eigenvalue weighted by Gasteiger charge is -2.15. The monoisotopic (exact) mass is 288 g/mol. The highest BCUT2D eigenvalue weighted by molar-refractivity contribution is 14.1. The first-order chi connectivity index (χ1) is 6.18. The molecule has 0 saturated carbocycles. The van der Waals surface area contributed by atoms with Gasteiger partial charge in [0.15, 0.2) is 5.78 Å². The van der Waals surface area contributed by atoms with E-state index in [4.69, 9.17) is 0 Å². The minimum absolute atomic E-state index is 0.208. The van der Waals surface area contributed by atoms with E-state index in [-0.39, 0.29) is 11.5 Å². The van der Waals surface area contributed by atoms with E-state index >= 15 is 0 Å². The van der Waals surface area contributed by atoms with Crippen molar-refractivity contribution in [1.82, 2.24) is 0 Å². The van der Waals surface area contributed by atoms with Gasteiger partial charge in [0.05, 0.1) is 3.57 Å². The summed E-state index contributed by atoms with van der Waals surface area (Å²) in [5, 5.41) is 9.44. The maximum atomic E-state index is 11.5. The smallest absolute Gasteiger partial charge is 0.163 e. The predicted octanol–water partition coefficient (Wildman–Crippen LogP) is 2.52. The summed E-state index contributed by atoms with van der Waals surface area (Å²) >= 11 is 2.04. The average molecular weight is 288 g/mol. The maximum Gasteiger partial charge on any atom is 0.163 e. The number of Topliss-reactive ketones (excluding diaryl/α,β-unsaturated/α-hetero) is 1. The predicted molar refractivity (Wildman–Crippen MR) is 58.1 cm³/mol. The molecule has 1 aliphatic rings. The number of phenols is 1. The molecule has 0 bridgehead atoms. The first-order valence-corrected chi connectivity index (χ1v) is 5.31. The zero-order valence-corrected chi connectivity index (χ0v) is 9.17. The molecule has 0 aliphatic heterocycles. The molecule has 2 nitrogen and oxygen atoms in total. The van der Waals surface area contributed by atoms with E-state index in [0.717, 1.165) is 27.5 Å². The summed E-state index contributed by atoms with van der Waals surface area (Å²) in [5.74, 6) is 0.494. The summed E-state index contributed by atoms with van der Waals surface area (Å²) in [6.07, 6.45) is 2.46. The molecule has 1 aromatic carbocycles. The van der Waals surface area contributed by atoms with Gasteiger partial charge in [0, 0.05) is 12.0 Å². The van der Waals surface area contributed by atoms with E-state index in [2.05, 4.69) is 0 Å². The molecule has 68 valence electrons. The summed E-state index contributed by atoms with van der Waals surface area (Å²) in [4.78, 5) is 11.5. The number of ketones is 1. The molecule has 0 amide bonds. The van der Waals surface area contributed by atoms with Gasteiger partial charge in [0.25, 0.3) is 0 Å². The largest absolute Gasteiger partial charge is 0.507 e. The molecular formula is C10H9IO2. The number of benzene rings is 1. The van der Waals surface area contributed by atoms with E-state index in [0.29, 0.717) is 6.42 Å². The van der Waals surface area contributed by atoms with E-state index < -0.39 is 0 Å². The van der Waals surface area contributed by atoms with Crippen molar-refractivity contribution in [1.29, 1.82) is 0 Å². The quantitative estimate of drug-likeness (QED) is 0.745.